The van der Waals surface area contributed by atoms with Gasteiger partial charge in [-0.2, -0.15) is 0 Å². The third-order valence-electron chi connectivity index (χ3n) is 5.47. The second-order valence-electron chi connectivity index (χ2n) is 7.05. The van der Waals surface area contributed by atoms with Gasteiger partial charge < -0.3 is 20.6 Å². The van der Waals surface area contributed by atoms with E-state index >= 15 is 0 Å². The van der Waals surface area contributed by atoms with Crippen LogP contribution in [0.1, 0.15) is 6.42 Å². The number of nitrogens with zero attached hydrogens (tertiary/aromatic N) is 5. The third-order valence-corrected chi connectivity index (χ3v) is 5.47. The normalized spacial score (nSPS) is 21.0. The van der Waals surface area contributed by atoms with Crippen LogP contribution in [0.5, 0.6) is 5.75 Å². The molecule has 0 spiro atoms. The topological polar surface area (TPSA) is 91.4 Å². The summed E-state index contributed by atoms with van der Waals surface area (Å²) >= 11 is 0. The van der Waals surface area contributed by atoms with E-state index in [2.05, 4.69) is 31.0 Å². The Balaban J connectivity index is 1.44. The van der Waals surface area contributed by atoms with Gasteiger partial charge in [0, 0.05) is 30.9 Å². The van der Waals surface area contributed by atoms with Gasteiger partial charge >= 0.3 is 0 Å². The Bertz CT molecular complexity index is 979. The van der Waals surface area contributed by atoms with E-state index in [0.29, 0.717) is 29.2 Å². The molecule has 2 fully saturated rings. The average Bonchev–Trinajstić information content (AvgIpc) is 3.30. The number of aromatic nitrogens is 3. The molecule has 2 atom stereocenters. The summed E-state index contributed by atoms with van der Waals surface area (Å²) in [6.45, 7) is 1.78. The highest BCUT2D eigenvalue weighted by Gasteiger charge is 2.44. The predicted molar refractivity (Wildman–Crippen MR) is 105 cm³/mol. The summed E-state index contributed by atoms with van der Waals surface area (Å²) in [4.78, 5) is 9.18. The van der Waals surface area contributed by atoms with Crippen molar-refractivity contribution in [3.8, 4) is 17.0 Å². The molecule has 3 aromatic rings. The van der Waals surface area contributed by atoms with Gasteiger partial charge in [0.05, 0.1) is 17.4 Å². The molecule has 2 aliphatic heterocycles. The van der Waals surface area contributed by atoms with Gasteiger partial charge in [0.15, 0.2) is 5.82 Å². The van der Waals surface area contributed by atoms with Crippen LogP contribution in [0.25, 0.3) is 11.3 Å². The van der Waals surface area contributed by atoms with Gasteiger partial charge in [0.25, 0.3) is 0 Å². The molecule has 0 saturated carbocycles. The molecular formula is C20H20N6O. The molecule has 2 aliphatic rings. The first kappa shape index (κ1) is 15.9. The van der Waals surface area contributed by atoms with E-state index in [1.807, 2.05) is 36.5 Å². The fourth-order valence-corrected chi connectivity index (χ4v) is 4.21. The van der Waals surface area contributed by atoms with Crippen molar-refractivity contribution in [2.24, 2.45) is 0 Å². The first-order valence-electron chi connectivity index (χ1n) is 9.06. The van der Waals surface area contributed by atoms with E-state index in [9.17, 15) is 5.11 Å². The number of anilines is 3. The minimum Gasteiger partial charge on any atom is -0.507 e. The molecule has 27 heavy (non-hydrogen) atoms. The average molecular weight is 360 g/mol. The van der Waals surface area contributed by atoms with Crippen molar-refractivity contribution < 1.29 is 5.11 Å². The van der Waals surface area contributed by atoms with Gasteiger partial charge in [-0.15, -0.1) is 10.2 Å². The summed E-state index contributed by atoms with van der Waals surface area (Å²) in [6.07, 6.45) is 2.91. The number of fused-ring (bicyclic) bond motifs is 2. The maximum absolute atomic E-state index is 10.1. The van der Waals surface area contributed by atoms with Crippen molar-refractivity contribution in [1.82, 2.24) is 15.2 Å². The molecule has 2 unspecified atom stereocenters. The highest BCUT2D eigenvalue weighted by atomic mass is 16.3. The SMILES string of the molecule is Nc1nnc(-c2ccccc2O)cc1N1CC2CC1CN2c1ccccn1. The summed E-state index contributed by atoms with van der Waals surface area (Å²) < 4.78 is 0. The van der Waals surface area contributed by atoms with Gasteiger partial charge in [-0.3, -0.25) is 0 Å². The largest absolute Gasteiger partial charge is 0.507 e. The Hall–Kier alpha value is -3.35. The minimum atomic E-state index is 0.187. The monoisotopic (exact) mass is 360 g/mol. The molecule has 136 valence electrons. The van der Waals surface area contributed by atoms with E-state index in [-0.39, 0.29) is 5.75 Å². The molecule has 2 aromatic heterocycles. The zero-order chi connectivity index (χ0) is 18.4. The molecular weight excluding hydrogens is 340 g/mol. The van der Waals surface area contributed by atoms with Gasteiger partial charge in [-0.25, -0.2) is 4.98 Å². The predicted octanol–water partition coefficient (Wildman–Crippen LogP) is 2.29. The van der Waals surface area contributed by atoms with Gasteiger partial charge in [-0.1, -0.05) is 18.2 Å². The van der Waals surface area contributed by atoms with E-state index in [0.717, 1.165) is 31.0 Å². The maximum atomic E-state index is 10.1. The Labute approximate surface area is 157 Å². The molecule has 2 saturated heterocycles. The third kappa shape index (κ3) is 2.63. The van der Waals surface area contributed by atoms with E-state index in [4.69, 9.17) is 5.73 Å². The van der Waals surface area contributed by atoms with Crippen LogP contribution >= 0.6 is 0 Å². The Kier molecular flexibility index (Phi) is 3.60. The van der Waals surface area contributed by atoms with Crippen molar-refractivity contribution in [1.29, 1.82) is 0 Å². The number of nitrogen functional groups attached to an aromatic ring is 1. The number of nitrogens with two attached hydrogens (primary N) is 1. The summed E-state index contributed by atoms with van der Waals surface area (Å²) in [5.74, 6) is 1.64. The standard InChI is InChI=1S/C20H20N6O/c21-20-17(10-16(23-24-20)15-5-1-2-6-18(15)27)25-11-14-9-13(25)12-26(14)19-7-3-4-8-22-19/h1-8,10,13-14,27H,9,11-12H2,(H2,21,24). The highest BCUT2D eigenvalue weighted by Crippen LogP contribution is 2.39. The van der Waals surface area contributed by atoms with Crippen LogP contribution < -0.4 is 15.5 Å². The summed E-state index contributed by atoms with van der Waals surface area (Å²) in [7, 11) is 0. The highest BCUT2D eigenvalue weighted by molar-refractivity contribution is 5.75. The lowest BCUT2D eigenvalue weighted by Crippen LogP contribution is -2.47. The second kappa shape index (κ2) is 6.12. The van der Waals surface area contributed by atoms with Gasteiger partial charge in [0.1, 0.15) is 11.6 Å². The Morgan fingerprint density at radius 2 is 1.74 bits per heavy atom. The smallest absolute Gasteiger partial charge is 0.169 e. The molecule has 5 rings (SSSR count). The van der Waals surface area contributed by atoms with Gasteiger partial charge in [-0.05, 0) is 36.8 Å². The maximum Gasteiger partial charge on any atom is 0.169 e. The van der Waals surface area contributed by atoms with Crippen LogP contribution in [-0.2, 0) is 0 Å². The fraction of sp³-hybridized carbons (Fsp3) is 0.250. The zero-order valence-corrected chi connectivity index (χ0v) is 14.7. The van der Waals surface area contributed by atoms with Crippen molar-refractivity contribution in [3.63, 3.8) is 0 Å². The molecule has 2 bridgehead atoms. The van der Waals surface area contributed by atoms with Crippen LogP contribution in [0.15, 0.2) is 54.7 Å². The Morgan fingerprint density at radius 3 is 2.48 bits per heavy atom. The number of benzene rings is 1. The minimum absolute atomic E-state index is 0.187. The second-order valence-corrected chi connectivity index (χ2v) is 7.05. The molecule has 7 heteroatoms. The number of pyridine rings is 1. The van der Waals surface area contributed by atoms with Crippen molar-refractivity contribution in [2.45, 2.75) is 18.5 Å². The summed E-state index contributed by atoms with van der Waals surface area (Å²) in [6, 6.07) is 15.9. The number of aromatic hydroxyl groups is 1. The van der Waals surface area contributed by atoms with Crippen molar-refractivity contribution >= 4 is 17.3 Å². The van der Waals surface area contributed by atoms with E-state index in [1.54, 1.807) is 12.1 Å². The quantitative estimate of drug-likeness (QED) is 0.740. The lowest BCUT2D eigenvalue weighted by atomic mass is 10.1. The molecule has 0 amide bonds. The first-order chi connectivity index (χ1) is 13.2. The fourth-order valence-electron chi connectivity index (χ4n) is 4.21. The zero-order valence-electron chi connectivity index (χ0n) is 14.7. The van der Waals surface area contributed by atoms with Crippen LogP contribution in [0.4, 0.5) is 17.3 Å². The number of hydrogen-bond acceptors (Lipinski definition) is 7. The van der Waals surface area contributed by atoms with Crippen molar-refractivity contribution in [2.75, 3.05) is 28.6 Å². The van der Waals surface area contributed by atoms with Crippen LogP contribution in [0.2, 0.25) is 0 Å². The van der Waals surface area contributed by atoms with Crippen LogP contribution in [0, 0.1) is 0 Å². The molecule has 4 heterocycles. The lowest BCUT2D eigenvalue weighted by Gasteiger charge is -2.36. The number of piperazine rings is 1. The molecule has 1 aromatic carbocycles. The number of phenols is 1. The van der Waals surface area contributed by atoms with Crippen LogP contribution in [-0.4, -0.2) is 45.5 Å². The number of para-hydroxylation sites is 1. The molecule has 0 aliphatic carbocycles. The van der Waals surface area contributed by atoms with Crippen molar-refractivity contribution in [3.05, 3.63) is 54.7 Å². The van der Waals surface area contributed by atoms with Gasteiger partial charge in [0.2, 0.25) is 0 Å². The lowest BCUT2D eigenvalue weighted by molar-refractivity contribution is 0.477. The number of hydrogen-bond donors (Lipinski definition) is 2. The first-order valence-corrected chi connectivity index (χ1v) is 9.06. The molecule has 3 N–H and O–H groups in total. The molecule has 7 nitrogen and oxygen atoms in total. The van der Waals surface area contributed by atoms with Crippen LogP contribution in [0.3, 0.4) is 0 Å². The summed E-state index contributed by atoms with van der Waals surface area (Å²) in [5, 5.41) is 18.5. The molecule has 0 radical (unpaired) electrons. The van der Waals surface area contributed by atoms with E-state index in [1.165, 1.54) is 0 Å². The number of rotatable bonds is 3. The summed E-state index contributed by atoms with van der Waals surface area (Å²) in [5.41, 5.74) is 8.33. The Morgan fingerprint density at radius 1 is 0.963 bits per heavy atom. The van der Waals surface area contributed by atoms with E-state index < -0.39 is 0 Å². The number of phenolic OH excluding ortho intramolecular Hbond substituents is 1.